The maximum atomic E-state index is 11.3. The van der Waals surface area contributed by atoms with Gasteiger partial charge >= 0.3 is 0 Å². The average molecular weight is 242 g/mol. The molecular formula is C11H18N2O2S. The molecule has 0 unspecified atom stereocenters. The van der Waals surface area contributed by atoms with Gasteiger partial charge in [-0.1, -0.05) is 13.8 Å². The molecule has 1 aliphatic rings. The van der Waals surface area contributed by atoms with Crippen LogP contribution in [0.4, 0.5) is 0 Å². The fourth-order valence-corrected chi connectivity index (χ4v) is 3.49. The van der Waals surface area contributed by atoms with E-state index in [0.717, 1.165) is 18.5 Å². The summed E-state index contributed by atoms with van der Waals surface area (Å²) in [6.07, 6.45) is 5.32. The Kier molecular flexibility index (Phi) is 3.06. The third-order valence-corrected chi connectivity index (χ3v) is 4.87. The Morgan fingerprint density at radius 3 is 2.50 bits per heavy atom. The molecule has 2 rings (SSSR count). The van der Waals surface area contributed by atoms with Gasteiger partial charge in [0.1, 0.15) is 9.84 Å². The minimum absolute atomic E-state index is 0.309. The molecule has 5 heteroatoms. The van der Waals surface area contributed by atoms with Crippen molar-refractivity contribution in [3.63, 3.8) is 0 Å². The first-order valence-corrected chi connectivity index (χ1v) is 7.54. The van der Waals surface area contributed by atoms with Gasteiger partial charge in [0.2, 0.25) is 0 Å². The third-order valence-electron chi connectivity index (χ3n) is 3.16. The number of aromatic nitrogens is 2. The van der Waals surface area contributed by atoms with Crippen molar-refractivity contribution >= 4 is 9.84 Å². The molecule has 1 saturated heterocycles. The molecule has 0 N–H and O–H groups in total. The summed E-state index contributed by atoms with van der Waals surface area (Å²) in [7, 11) is -2.77. The lowest BCUT2D eigenvalue weighted by Gasteiger charge is -2.22. The highest BCUT2D eigenvalue weighted by Gasteiger charge is 2.24. The zero-order valence-electron chi connectivity index (χ0n) is 9.76. The predicted molar refractivity (Wildman–Crippen MR) is 63.2 cm³/mol. The summed E-state index contributed by atoms with van der Waals surface area (Å²) in [6.45, 7) is 4.22. The van der Waals surface area contributed by atoms with Gasteiger partial charge < -0.3 is 4.57 Å². The highest BCUT2D eigenvalue weighted by atomic mass is 32.2. The van der Waals surface area contributed by atoms with Crippen molar-refractivity contribution in [1.82, 2.24) is 9.55 Å². The number of hydrogen-bond donors (Lipinski definition) is 0. The van der Waals surface area contributed by atoms with Crippen LogP contribution in [0.3, 0.4) is 0 Å². The van der Waals surface area contributed by atoms with E-state index in [1.165, 1.54) is 0 Å². The number of rotatable bonds is 2. The molecule has 4 nitrogen and oxygen atoms in total. The van der Waals surface area contributed by atoms with Crippen LogP contribution < -0.4 is 0 Å². The molecule has 0 spiro atoms. The van der Waals surface area contributed by atoms with Crippen LogP contribution in [0.2, 0.25) is 0 Å². The van der Waals surface area contributed by atoms with E-state index in [1.54, 1.807) is 0 Å². The smallest absolute Gasteiger partial charge is 0.150 e. The van der Waals surface area contributed by atoms with Crippen molar-refractivity contribution in [2.45, 2.75) is 38.6 Å². The average Bonchev–Trinajstić information content (AvgIpc) is 2.66. The summed E-state index contributed by atoms with van der Waals surface area (Å²) in [5.74, 6) is 1.05. The summed E-state index contributed by atoms with van der Waals surface area (Å²) < 4.78 is 24.7. The highest BCUT2D eigenvalue weighted by molar-refractivity contribution is 7.91. The van der Waals surface area contributed by atoms with Gasteiger partial charge in [0.05, 0.1) is 23.5 Å². The molecular weight excluding hydrogens is 224 g/mol. The van der Waals surface area contributed by atoms with Crippen molar-refractivity contribution in [2.75, 3.05) is 11.5 Å². The van der Waals surface area contributed by atoms with Gasteiger partial charge in [-0.25, -0.2) is 13.4 Å². The lowest BCUT2D eigenvalue weighted by Crippen LogP contribution is -2.24. The summed E-state index contributed by atoms with van der Waals surface area (Å²) in [5.41, 5.74) is 1.08. The molecule has 2 heterocycles. The first kappa shape index (κ1) is 11.6. The Hall–Kier alpha value is -0.840. The van der Waals surface area contributed by atoms with E-state index in [-0.39, 0.29) is 0 Å². The second-order valence-corrected chi connectivity index (χ2v) is 7.09. The lowest BCUT2D eigenvalue weighted by molar-refractivity contribution is 0.449. The van der Waals surface area contributed by atoms with Gasteiger partial charge in [0.15, 0.2) is 0 Å². The van der Waals surface area contributed by atoms with E-state index in [4.69, 9.17) is 0 Å². The van der Waals surface area contributed by atoms with Gasteiger partial charge in [-0.15, -0.1) is 0 Å². The molecule has 0 aliphatic carbocycles. The normalized spacial score (nSPS) is 21.4. The van der Waals surface area contributed by atoms with Crippen molar-refractivity contribution in [1.29, 1.82) is 0 Å². The fraction of sp³-hybridized carbons (Fsp3) is 0.727. The maximum absolute atomic E-state index is 11.3. The largest absolute Gasteiger partial charge is 0.334 e. The summed E-state index contributed by atoms with van der Waals surface area (Å²) in [5, 5.41) is 0. The molecule has 1 aromatic heterocycles. The van der Waals surface area contributed by atoms with Gasteiger partial charge in [-0.05, 0) is 18.8 Å². The molecule has 0 aromatic carbocycles. The quantitative estimate of drug-likeness (QED) is 0.794. The monoisotopic (exact) mass is 242 g/mol. The second-order valence-electron chi connectivity index (χ2n) is 4.78. The minimum Gasteiger partial charge on any atom is -0.334 e. The zero-order chi connectivity index (χ0) is 11.8. The van der Waals surface area contributed by atoms with E-state index in [1.807, 2.05) is 12.5 Å². The Morgan fingerprint density at radius 1 is 1.38 bits per heavy atom. The number of imidazole rings is 1. The molecule has 0 atom stereocenters. The van der Waals surface area contributed by atoms with Gasteiger partial charge in [0.25, 0.3) is 0 Å². The molecule has 0 amide bonds. The summed E-state index contributed by atoms with van der Waals surface area (Å²) in [4.78, 5) is 4.34. The van der Waals surface area contributed by atoms with E-state index >= 15 is 0 Å². The van der Waals surface area contributed by atoms with E-state index in [9.17, 15) is 8.42 Å². The minimum atomic E-state index is -2.77. The number of nitrogens with zero attached hydrogens (tertiary/aromatic N) is 2. The predicted octanol–water partition coefficient (Wildman–Crippen LogP) is 1.76. The van der Waals surface area contributed by atoms with E-state index in [0.29, 0.717) is 23.5 Å². The van der Waals surface area contributed by atoms with Crippen molar-refractivity contribution in [3.05, 3.63) is 18.2 Å². The Bertz CT molecular complexity index is 448. The van der Waals surface area contributed by atoms with Gasteiger partial charge in [0, 0.05) is 12.2 Å². The molecule has 0 saturated carbocycles. The molecule has 0 radical (unpaired) electrons. The third kappa shape index (κ3) is 2.45. The zero-order valence-corrected chi connectivity index (χ0v) is 10.6. The van der Waals surface area contributed by atoms with Crippen molar-refractivity contribution in [3.8, 4) is 0 Å². The molecule has 90 valence electrons. The van der Waals surface area contributed by atoms with Crippen LogP contribution in [-0.2, 0) is 9.84 Å². The fourth-order valence-electron chi connectivity index (χ4n) is 2.03. The molecule has 1 aliphatic heterocycles. The number of hydrogen-bond acceptors (Lipinski definition) is 3. The maximum Gasteiger partial charge on any atom is 0.150 e. The van der Waals surface area contributed by atoms with Crippen molar-refractivity contribution < 1.29 is 8.42 Å². The van der Waals surface area contributed by atoms with E-state index in [2.05, 4.69) is 23.4 Å². The SMILES string of the molecule is CC(C)c1cn(C2CCS(=O)(=O)CC2)cn1. The van der Waals surface area contributed by atoms with Crippen LogP contribution >= 0.6 is 0 Å². The summed E-state index contributed by atoms with van der Waals surface area (Å²) in [6, 6.07) is 0.309. The van der Waals surface area contributed by atoms with Crippen LogP contribution in [0.15, 0.2) is 12.5 Å². The summed E-state index contributed by atoms with van der Waals surface area (Å²) >= 11 is 0. The number of sulfone groups is 1. The molecule has 16 heavy (non-hydrogen) atoms. The van der Waals surface area contributed by atoms with Crippen LogP contribution in [0.1, 0.15) is 44.3 Å². The Balaban J connectivity index is 2.08. The highest BCUT2D eigenvalue weighted by Crippen LogP contribution is 2.25. The first-order valence-electron chi connectivity index (χ1n) is 5.72. The van der Waals surface area contributed by atoms with Crippen LogP contribution in [0, 0.1) is 0 Å². The second kappa shape index (κ2) is 4.20. The molecule has 1 aromatic rings. The van der Waals surface area contributed by atoms with Crippen molar-refractivity contribution in [2.24, 2.45) is 0 Å². The van der Waals surface area contributed by atoms with Crippen LogP contribution in [0.25, 0.3) is 0 Å². The first-order chi connectivity index (χ1) is 7.48. The molecule has 1 fully saturated rings. The topological polar surface area (TPSA) is 52.0 Å². The van der Waals surface area contributed by atoms with Gasteiger partial charge in [-0.3, -0.25) is 0 Å². The Morgan fingerprint density at radius 2 is 2.00 bits per heavy atom. The Labute approximate surface area is 96.6 Å². The lowest BCUT2D eigenvalue weighted by atomic mass is 10.1. The van der Waals surface area contributed by atoms with Gasteiger partial charge in [-0.2, -0.15) is 0 Å². The standard InChI is InChI=1S/C11H18N2O2S/c1-9(2)11-7-13(8-12-11)10-3-5-16(14,15)6-4-10/h7-10H,3-6H2,1-2H3. The van der Waals surface area contributed by atoms with Crippen LogP contribution in [-0.4, -0.2) is 29.5 Å². The molecule has 0 bridgehead atoms. The van der Waals surface area contributed by atoms with Crippen LogP contribution in [0.5, 0.6) is 0 Å². The van der Waals surface area contributed by atoms with E-state index < -0.39 is 9.84 Å².